The Kier molecular flexibility index (Phi) is 4.19. The van der Waals surface area contributed by atoms with Crippen molar-refractivity contribution < 1.29 is 14.1 Å². The van der Waals surface area contributed by atoms with Crippen LogP contribution in [-0.4, -0.2) is 28.2 Å². The van der Waals surface area contributed by atoms with E-state index in [0.717, 1.165) is 29.7 Å². The number of para-hydroxylation sites is 1. The van der Waals surface area contributed by atoms with E-state index in [0.29, 0.717) is 23.7 Å². The first-order valence-corrected chi connectivity index (χ1v) is 9.03. The highest BCUT2D eigenvalue weighted by atomic mass is 16.5. The fourth-order valence-electron chi connectivity index (χ4n) is 3.68. The minimum atomic E-state index is -0.0453. The lowest BCUT2D eigenvalue weighted by atomic mass is 9.97. The quantitative estimate of drug-likeness (QED) is 0.924. The first-order valence-electron chi connectivity index (χ1n) is 9.03. The van der Waals surface area contributed by atoms with Gasteiger partial charge < -0.3 is 14.6 Å². The Morgan fingerprint density at radius 3 is 2.88 bits per heavy atom. The van der Waals surface area contributed by atoms with Crippen molar-refractivity contribution in [1.29, 1.82) is 0 Å². The fraction of sp³-hybridized carbons (Fsp3) is 0.526. The van der Waals surface area contributed by atoms with Gasteiger partial charge in [-0.25, -0.2) is 0 Å². The Balaban J connectivity index is 1.50. The van der Waals surface area contributed by atoms with Gasteiger partial charge in [-0.15, -0.1) is 0 Å². The molecule has 0 saturated heterocycles. The second-order valence-corrected chi connectivity index (χ2v) is 7.08. The molecule has 2 unspecified atom stereocenters. The number of rotatable bonds is 4. The van der Waals surface area contributed by atoms with Crippen LogP contribution in [0.1, 0.15) is 56.8 Å². The summed E-state index contributed by atoms with van der Waals surface area (Å²) in [6, 6.07) is 6.26. The average molecular weight is 341 g/mol. The molecule has 1 saturated carbocycles. The second-order valence-electron chi connectivity index (χ2n) is 7.08. The van der Waals surface area contributed by atoms with E-state index in [1.54, 1.807) is 0 Å². The Labute approximate surface area is 147 Å². The molecule has 2 atom stereocenters. The Bertz CT molecular complexity index is 780. The molecular formula is C19H23N3O3. The van der Waals surface area contributed by atoms with E-state index in [-0.39, 0.29) is 18.4 Å². The summed E-state index contributed by atoms with van der Waals surface area (Å²) in [6.07, 6.45) is 4.76. The molecule has 1 aromatic carbocycles. The molecule has 0 spiro atoms. The normalized spacial score (nSPS) is 22.6. The van der Waals surface area contributed by atoms with Crippen molar-refractivity contribution in [3.8, 4) is 17.2 Å². The van der Waals surface area contributed by atoms with E-state index in [4.69, 9.17) is 9.26 Å². The van der Waals surface area contributed by atoms with Crippen LogP contribution in [-0.2, 0) is 11.2 Å². The van der Waals surface area contributed by atoms with Crippen LogP contribution in [0.3, 0.4) is 0 Å². The van der Waals surface area contributed by atoms with Crippen LogP contribution in [0, 0.1) is 0 Å². The largest absolute Gasteiger partial charge is 0.489 e. The number of ether oxygens (including phenoxy) is 1. The van der Waals surface area contributed by atoms with Crippen LogP contribution in [0.25, 0.3) is 11.5 Å². The predicted octanol–water partition coefficient (Wildman–Crippen LogP) is 3.22. The minimum Gasteiger partial charge on any atom is -0.489 e. The van der Waals surface area contributed by atoms with Gasteiger partial charge in [0.25, 0.3) is 5.89 Å². The summed E-state index contributed by atoms with van der Waals surface area (Å²) < 4.78 is 11.4. The lowest BCUT2D eigenvalue weighted by Crippen LogP contribution is -2.33. The van der Waals surface area contributed by atoms with Gasteiger partial charge in [0.05, 0.1) is 12.0 Å². The molecule has 2 aromatic rings. The molecule has 1 N–H and O–H groups in total. The van der Waals surface area contributed by atoms with Crippen molar-refractivity contribution in [3.63, 3.8) is 0 Å². The van der Waals surface area contributed by atoms with Gasteiger partial charge in [-0.05, 0) is 25.8 Å². The van der Waals surface area contributed by atoms with E-state index < -0.39 is 0 Å². The second kappa shape index (κ2) is 6.50. The van der Waals surface area contributed by atoms with Crippen LogP contribution in [0.2, 0.25) is 0 Å². The zero-order valence-electron chi connectivity index (χ0n) is 14.6. The van der Waals surface area contributed by atoms with Crippen molar-refractivity contribution in [2.45, 2.75) is 64.0 Å². The molecule has 1 fully saturated rings. The van der Waals surface area contributed by atoms with Gasteiger partial charge in [0.15, 0.2) is 5.82 Å². The highest BCUT2D eigenvalue weighted by Crippen LogP contribution is 2.43. The smallest absolute Gasteiger partial charge is 0.261 e. The predicted molar refractivity (Wildman–Crippen MR) is 92.3 cm³/mol. The molecule has 0 bridgehead atoms. The van der Waals surface area contributed by atoms with Gasteiger partial charge in [-0.3, -0.25) is 4.79 Å². The van der Waals surface area contributed by atoms with Crippen LogP contribution < -0.4 is 10.1 Å². The van der Waals surface area contributed by atoms with Crippen LogP contribution in [0.5, 0.6) is 5.75 Å². The molecule has 1 aromatic heterocycles. The minimum absolute atomic E-state index is 0.0453. The summed E-state index contributed by atoms with van der Waals surface area (Å²) in [5.41, 5.74) is 1.95. The van der Waals surface area contributed by atoms with Crippen LogP contribution in [0.4, 0.5) is 0 Å². The highest BCUT2D eigenvalue weighted by molar-refractivity contribution is 5.78. The highest BCUT2D eigenvalue weighted by Gasteiger charge is 2.31. The molecule has 1 amide bonds. The standard InChI is InChI=1S/C19H23N3O3/c1-11-12(2)24-18-14(11)8-5-9-15(18)19-21-16(22-25-19)10-17(23)20-13-6-3-4-7-13/h5,8-9,11-13H,3-4,6-7,10H2,1-2H3,(H,20,23). The maximum Gasteiger partial charge on any atom is 0.261 e. The third-order valence-corrected chi connectivity index (χ3v) is 5.28. The summed E-state index contributed by atoms with van der Waals surface area (Å²) in [5, 5.41) is 7.01. The van der Waals surface area contributed by atoms with Gasteiger partial charge >= 0.3 is 0 Å². The summed E-state index contributed by atoms with van der Waals surface area (Å²) in [4.78, 5) is 16.5. The van der Waals surface area contributed by atoms with Gasteiger partial charge in [0, 0.05) is 17.5 Å². The number of nitrogens with zero attached hydrogens (tertiary/aromatic N) is 2. The summed E-state index contributed by atoms with van der Waals surface area (Å²) in [6.45, 7) is 4.20. The van der Waals surface area contributed by atoms with Crippen LogP contribution >= 0.6 is 0 Å². The van der Waals surface area contributed by atoms with Crippen molar-refractivity contribution in [3.05, 3.63) is 29.6 Å². The first-order chi connectivity index (χ1) is 12.1. The average Bonchev–Trinajstić information content (AvgIpc) is 3.31. The molecule has 2 heterocycles. The molecule has 6 heteroatoms. The number of carbonyl (C=O) groups excluding carboxylic acids is 1. The summed E-state index contributed by atoms with van der Waals surface area (Å²) in [5.74, 6) is 1.91. The fourth-order valence-corrected chi connectivity index (χ4v) is 3.68. The summed E-state index contributed by atoms with van der Waals surface area (Å²) >= 11 is 0. The number of aromatic nitrogens is 2. The number of benzene rings is 1. The topological polar surface area (TPSA) is 77.2 Å². The van der Waals surface area contributed by atoms with Gasteiger partial charge in [0.2, 0.25) is 5.91 Å². The maximum atomic E-state index is 12.1. The van der Waals surface area contributed by atoms with E-state index in [1.165, 1.54) is 12.8 Å². The van der Waals surface area contributed by atoms with Gasteiger partial charge in [0.1, 0.15) is 11.9 Å². The van der Waals surface area contributed by atoms with Gasteiger partial charge in [-0.1, -0.05) is 37.1 Å². The monoisotopic (exact) mass is 341 g/mol. The van der Waals surface area contributed by atoms with Crippen LogP contribution in [0.15, 0.2) is 22.7 Å². The van der Waals surface area contributed by atoms with Crippen molar-refractivity contribution in [2.75, 3.05) is 0 Å². The third kappa shape index (κ3) is 3.13. The molecule has 1 aliphatic heterocycles. The number of hydrogen-bond donors (Lipinski definition) is 1. The first kappa shape index (κ1) is 16.1. The number of hydrogen-bond acceptors (Lipinski definition) is 5. The molecule has 1 aliphatic carbocycles. The molecular weight excluding hydrogens is 318 g/mol. The summed E-state index contributed by atoms with van der Waals surface area (Å²) in [7, 11) is 0. The lowest BCUT2D eigenvalue weighted by Gasteiger charge is -2.10. The molecule has 2 aliphatic rings. The lowest BCUT2D eigenvalue weighted by molar-refractivity contribution is -0.121. The Morgan fingerprint density at radius 2 is 2.08 bits per heavy atom. The van der Waals surface area contributed by atoms with Crippen molar-refractivity contribution in [1.82, 2.24) is 15.5 Å². The van der Waals surface area contributed by atoms with E-state index in [9.17, 15) is 4.79 Å². The molecule has 6 nitrogen and oxygen atoms in total. The van der Waals surface area contributed by atoms with Crippen molar-refractivity contribution in [2.24, 2.45) is 0 Å². The number of carbonyl (C=O) groups is 1. The van der Waals surface area contributed by atoms with E-state index in [2.05, 4.69) is 35.4 Å². The zero-order chi connectivity index (χ0) is 17.4. The van der Waals surface area contributed by atoms with Gasteiger partial charge in [-0.2, -0.15) is 4.98 Å². The third-order valence-electron chi connectivity index (χ3n) is 5.28. The molecule has 25 heavy (non-hydrogen) atoms. The molecule has 132 valence electrons. The maximum absolute atomic E-state index is 12.1. The Hall–Kier alpha value is -2.37. The van der Waals surface area contributed by atoms with Crippen molar-refractivity contribution >= 4 is 5.91 Å². The molecule has 4 rings (SSSR count). The number of amides is 1. The number of fused-ring (bicyclic) bond motifs is 1. The Morgan fingerprint density at radius 1 is 1.28 bits per heavy atom. The number of nitrogens with one attached hydrogen (secondary N) is 1. The van der Waals surface area contributed by atoms with E-state index in [1.807, 2.05) is 12.1 Å². The molecule has 0 radical (unpaired) electrons. The SMILES string of the molecule is CC1Oc2c(-c3nc(CC(=O)NC4CCCC4)no3)cccc2C1C. The zero-order valence-corrected chi connectivity index (χ0v) is 14.6. The van der Waals surface area contributed by atoms with E-state index >= 15 is 0 Å².